The molecule has 1 aromatic carbocycles. The topological polar surface area (TPSA) is 92.5 Å². The summed E-state index contributed by atoms with van der Waals surface area (Å²) in [7, 11) is 0. The number of amides is 3. The molecule has 1 aromatic rings. The molecule has 3 N–H and O–H groups in total. The van der Waals surface area contributed by atoms with Gasteiger partial charge in [-0.25, -0.2) is 0 Å². The van der Waals surface area contributed by atoms with Crippen LogP contribution in [0.4, 0.5) is 5.69 Å². The van der Waals surface area contributed by atoms with Gasteiger partial charge in [-0.3, -0.25) is 19.3 Å². The van der Waals surface area contributed by atoms with E-state index in [2.05, 4.69) is 5.32 Å². The van der Waals surface area contributed by atoms with E-state index in [0.29, 0.717) is 24.4 Å². The van der Waals surface area contributed by atoms with Crippen LogP contribution in [0.1, 0.15) is 44.6 Å². The second-order valence-electron chi connectivity index (χ2n) is 7.10. The number of nitrogens with two attached hydrogens (primary N) is 1. The number of fused-ring (bicyclic) bond motifs is 1. The summed E-state index contributed by atoms with van der Waals surface area (Å²) >= 11 is 0. The van der Waals surface area contributed by atoms with Crippen molar-refractivity contribution in [2.75, 3.05) is 4.90 Å². The van der Waals surface area contributed by atoms with Crippen LogP contribution in [0.25, 0.3) is 0 Å². The number of rotatable bonds is 5. The number of anilines is 1. The fraction of sp³-hybridized carbons (Fsp3) is 0.526. The molecule has 25 heavy (non-hydrogen) atoms. The molecule has 0 aromatic heterocycles. The van der Waals surface area contributed by atoms with Gasteiger partial charge in [0, 0.05) is 18.5 Å². The van der Waals surface area contributed by atoms with Crippen LogP contribution in [-0.2, 0) is 20.8 Å². The second-order valence-corrected chi connectivity index (χ2v) is 7.10. The molecule has 3 rings (SSSR count). The van der Waals surface area contributed by atoms with Crippen LogP contribution in [0.2, 0.25) is 0 Å². The predicted octanol–water partition coefficient (Wildman–Crippen LogP) is 1.51. The molecule has 0 spiro atoms. The molecule has 1 saturated carbocycles. The van der Waals surface area contributed by atoms with Crippen molar-refractivity contribution in [2.24, 2.45) is 11.7 Å². The van der Waals surface area contributed by atoms with Crippen molar-refractivity contribution in [2.45, 2.75) is 57.5 Å². The normalized spacial score (nSPS) is 21.0. The van der Waals surface area contributed by atoms with E-state index in [9.17, 15) is 14.4 Å². The minimum atomic E-state index is -0.695. The van der Waals surface area contributed by atoms with Crippen LogP contribution in [0, 0.1) is 5.92 Å². The average Bonchev–Trinajstić information content (AvgIpc) is 3.21. The Morgan fingerprint density at radius 2 is 1.92 bits per heavy atom. The summed E-state index contributed by atoms with van der Waals surface area (Å²) in [4.78, 5) is 38.4. The Morgan fingerprint density at radius 3 is 2.60 bits per heavy atom. The van der Waals surface area contributed by atoms with Crippen molar-refractivity contribution >= 4 is 23.4 Å². The SMILES string of the molecule is CC(NC(=O)CC1CCCC1)C(=O)N1c2ccccc2CC1C(N)=O. The third-order valence-electron chi connectivity index (χ3n) is 5.24. The zero-order valence-electron chi connectivity index (χ0n) is 14.5. The molecule has 2 atom stereocenters. The average molecular weight is 343 g/mol. The van der Waals surface area contributed by atoms with Gasteiger partial charge >= 0.3 is 0 Å². The molecule has 6 heteroatoms. The lowest BCUT2D eigenvalue weighted by Gasteiger charge is -2.27. The van der Waals surface area contributed by atoms with Crippen molar-refractivity contribution in [1.82, 2.24) is 5.32 Å². The third-order valence-corrected chi connectivity index (χ3v) is 5.24. The van der Waals surface area contributed by atoms with Crippen LogP contribution in [0.3, 0.4) is 0 Å². The predicted molar refractivity (Wildman–Crippen MR) is 94.8 cm³/mol. The van der Waals surface area contributed by atoms with Gasteiger partial charge in [-0.05, 0) is 37.3 Å². The number of para-hydroxylation sites is 1. The van der Waals surface area contributed by atoms with E-state index in [4.69, 9.17) is 5.73 Å². The molecule has 0 saturated heterocycles. The van der Waals surface area contributed by atoms with Crippen LogP contribution >= 0.6 is 0 Å². The summed E-state index contributed by atoms with van der Waals surface area (Å²) in [5.74, 6) is -0.508. The van der Waals surface area contributed by atoms with Crippen LogP contribution < -0.4 is 16.0 Å². The molecular weight excluding hydrogens is 318 g/mol. The first-order valence-corrected chi connectivity index (χ1v) is 8.97. The van der Waals surface area contributed by atoms with E-state index < -0.39 is 18.0 Å². The Balaban J connectivity index is 1.69. The second kappa shape index (κ2) is 7.25. The monoisotopic (exact) mass is 343 g/mol. The van der Waals surface area contributed by atoms with Gasteiger partial charge in [0.1, 0.15) is 12.1 Å². The van der Waals surface area contributed by atoms with Gasteiger partial charge in [0.2, 0.25) is 17.7 Å². The zero-order chi connectivity index (χ0) is 18.0. The first-order chi connectivity index (χ1) is 12.0. The number of nitrogens with zero attached hydrogens (tertiary/aromatic N) is 1. The van der Waals surface area contributed by atoms with Gasteiger partial charge in [-0.2, -0.15) is 0 Å². The highest BCUT2D eigenvalue weighted by molar-refractivity contribution is 6.06. The van der Waals surface area contributed by atoms with Crippen molar-refractivity contribution in [1.29, 1.82) is 0 Å². The van der Waals surface area contributed by atoms with E-state index >= 15 is 0 Å². The molecule has 1 aliphatic heterocycles. The van der Waals surface area contributed by atoms with Crippen LogP contribution in [0.5, 0.6) is 0 Å². The fourth-order valence-corrected chi connectivity index (χ4v) is 3.93. The maximum absolute atomic E-state index is 12.9. The van der Waals surface area contributed by atoms with E-state index in [1.807, 2.05) is 24.3 Å². The van der Waals surface area contributed by atoms with E-state index in [-0.39, 0.29) is 11.8 Å². The standard InChI is InChI=1S/C19H25N3O3/c1-12(21-17(23)10-13-6-2-3-7-13)19(25)22-15-9-5-4-8-14(15)11-16(22)18(20)24/h4-5,8-9,12-13,16H,2-3,6-7,10-11H2,1H3,(H2,20,24)(H,21,23). The van der Waals surface area contributed by atoms with Gasteiger partial charge in [0.25, 0.3) is 0 Å². The minimum absolute atomic E-state index is 0.101. The highest BCUT2D eigenvalue weighted by Crippen LogP contribution is 2.32. The summed E-state index contributed by atoms with van der Waals surface area (Å²) in [6.07, 6.45) is 5.40. The Hall–Kier alpha value is -2.37. The highest BCUT2D eigenvalue weighted by atomic mass is 16.2. The lowest BCUT2D eigenvalue weighted by atomic mass is 10.0. The van der Waals surface area contributed by atoms with Gasteiger partial charge < -0.3 is 11.1 Å². The number of primary amides is 1. The summed E-state index contributed by atoms with van der Waals surface area (Å²) in [6.45, 7) is 1.66. The fourth-order valence-electron chi connectivity index (χ4n) is 3.93. The van der Waals surface area contributed by atoms with Crippen LogP contribution in [-0.4, -0.2) is 29.8 Å². The van der Waals surface area contributed by atoms with Gasteiger partial charge in [0.05, 0.1) is 0 Å². The van der Waals surface area contributed by atoms with E-state index in [1.165, 1.54) is 17.7 Å². The third kappa shape index (κ3) is 3.67. The van der Waals surface area contributed by atoms with Crippen molar-refractivity contribution < 1.29 is 14.4 Å². The summed E-state index contributed by atoms with van der Waals surface area (Å²) in [5.41, 5.74) is 7.12. The van der Waals surface area contributed by atoms with Crippen molar-refractivity contribution in [3.63, 3.8) is 0 Å². The molecule has 3 amide bonds. The zero-order valence-corrected chi connectivity index (χ0v) is 14.5. The number of hydrogen-bond acceptors (Lipinski definition) is 3. The lowest BCUT2D eigenvalue weighted by molar-refractivity contribution is -0.128. The summed E-state index contributed by atoms with van der Waals surface area (Å²) in [6, 6.07) is 6.01. The maximum atomic E-state index is 12.9. The van der Waals surface area contributed by atoms with Crippen LogP contribution in [0.15, 0.2) is 24.3 Å². The summed E-state index contributed by atoms with van der Waals surface area (Å²) < 4.78 is 0. The number of hydrogen-bond donors (Lipinski definition) is 2. The van der Waals surface area contributed by atoms with E-state index in [1.54, 1.807) is 6.92 Å². The molecule has 1 heterocycles. The number of carbonyl (C=O) groups excluding carboxylic acids is 3. The van der Waals surface area contributed by atoms with Gasteiger partial charge in [0.15, 0.2) is 0 Å². The van der Waals surface area contributed by atoms with Gasteiger partial charge in [-0.15, -0.1) is 0 Å². The lowest BCUT2D eigenvalue weighted by Crippen LogP contribution is -2.53. The highest BCUT2D eigenvalue weighted by Gasteiger charge is 2.39. The van der Waals surface area contributed by atoms with E-state index in [0.717, 1.165) is 18.4 Å². The largest absolute Gasteiger partial charge is 0.368 e. The van der Waals surface area contributed by atoms with Crippen molar-refractivity contribution in [3.05, 3.63) is 29.8 Å². The summed E-state index contributed by atoms with van der Waals surface area (Å²) in [5, 5.41) is 2.79. The Kier molecular flexibility index (Phi) is 5.06. The molecule has 2 aliphatic rings. The molecule has 134 valence electrons. The first kappa shape index (κ1) is 17.5. The molecule has 2 unspecified atom stereocenters. The minimum Gasteiger partial charge on any atom is -0.368 e. The Morgan fingerprint density at radius 1 is 1.24 bits per heavy atom. The van der Waals surface area contributed by atoms with Crippen molar-refractivity contribution in [3.8, 4) is 0 Å². The smallest absolute Gasteiger partial charge is 0.250 e. The molecule has 1 aliphatic carbocycles. The molecule has 0 radical (unpaired) electrons. The quantitative estimate of drug-likeness (QED) is 0.849. The van der Waals surface area contributed by atoms with Gasteiger partial charge in [-0.1, -0.05) is 31.0 Å². The molecule has 1 fully saturated rings. The Labute approximate surface area is 147 Å². The molecular formula is C19H25N3O3. The number of nitrogens with one attached hydrogen (secondary N) is 1. The Bertz CT molecular complexity index is 682. The first-order valence-electron chi connectivity index (χ1n) is 8.97. The maximum Gasteiger partial charge on any atom is 0.250 e. The molecule has 6 nitrogen and oxygen atoms in total. The number of carbonyl (C=O) groups is 3. The number of benzene rings is 1. The molecule has 0 bridgehead atoms.